The highest BCUT2D eigenvalue weighted by molar-refractivity contribution is 9.10. The third kappa shape index (κ3) is 2.68. The summed E-state index contributed by atoms with van der Waals surface area (Å²) in [5.41, 5.74) is 1.56. The van der Waals surface area contributed by atoms with E-state index in [9.17, 15) is 0 Å². The molecule has 6 heteroatoms. The van der Waals surface area contributed by atoms with E-state index in [2.05, 4.69) is 37.5 Å². The van der Waals surface area contributed by atoms with Crippen LogP contribution in [-0.4, -0.2) is 14.8 Å². The molecule has 1 N–H and O–H groups in total. The number of hydrogen-bond donors (Lipinski definition) is 1. The quantitative estimate of drug-likeness (QED) is 0.942. The van der Waals surface area contributed by atoms with Crippen molar-refractivity contribution >= 4 is 21.6 Å². The number of anilines is 1. The van der Waals surface area contributed by atoms with Crippen molar-refractivity contribution in [3.63, 3.8) is 0 Å². The van der Waals surface area contributed by atoms with Gasteiger partial charge in [0.15, 0.2) is 5.82 Å². The fourth-order valence-corrected chi connectivity index (χ4v) is 2.10. The number of benzene rings is 1. The Morgan fingerprint density at radius 3 is 3.00 bits per heavy atom. The van der Waals surface area contributed by atoms with Crippen LogP contribution in [0.5, 0.6) is 0 Å². The molecule has 0 aliphatic rings. The van der Waals surface area contributed by atoms with Crippen LogP contribution in [0.3, 0.4) is 0 Å². The Balaban J connectivity index is 2.09. The Hall–Kier alpha value is -1.87. The van der Waals surface area contributed by atoms with E-state index in [-0.39, 0.29) is 0 Å². The Morgan fingerprint density at radius 2 is 2.33 bits per heavy atom. The standard InChI is InChI=1S/C12H12BrN5/c1-2-18-8-16-17-12(18)7-15-11-4-3-9(6-14)5-10(11)13/h3-5,8,15H,2,7H2,1H3. The van der Waals surface area contributed by atoms with Crippen LogP contribution in [0.1, 0.15) is 18.3 Å². The van der Waals surface area contributed by atoms with Crippen molar-refractivity contribution in [3.8, 4) is 6.07 Å². The van der Waals surface area contributed by atoms with E-state index in [0.29, 0.717) is 12.1 Å². The van der Waals surface area contributed by atoms with Gasteiger partial charge in [0, 0.05) is 16.7 Å². The lowest BCUT2D eigenvalue weighted by Gasteiger charge is -2.09. The van der Waals surface area contributed by atoms with Crippen molar-refractivity contribution in [1.29, 1.82) is 5.26 Å². The number of halogens is 1. The van der Waals surface area contributed by atoms with E-state index in [4.69, 9.17) is 5.26 Å². The summed E-state index contributed by atoms with van der Waals surface area (Å²) in [5.74, 6) is 0.883. The molecule has 0 aliphatic heterocycles. The molecule has 0 bridgehead atoms. The zero-order chi connectivity index (χ0) is 13.0. The minimum absolute atomic E-state index is 0.596. The number of rotatable bonds is 4. The molecule has 5 nitrogen and oxygen atoms in total. The molecule has 1 aromatic heterocycles. The zero-order valence-corrected chi connectivity index (χ0v) is 11.5. The molecule has 1 heterocycles. The maximum absolute atomic E-state index is 8.79. The second-order valence-electron chi connectivity index (χ2n) is 3.69. The molecule has 0 saturated carbocycles. The van der Waals surface area contributed by atoms with E-state index in [1.807, 2.05) is 17.6 Å². The van der Waals surface area contributed by atoms with Crippen molar-refractivity contribution in [3.05, 3.63) is 40.4 Å². The molecular formula is C12H12BrN5. The Labute approximate surface area is 114 Å². The predicted octanol–water partition coefficient (Wildman–Crippen LogP) is 2.54. The smallest absolute Gasteiger partial charge is 0.152 e. The highest BCUT2D eigenvalue weighted by atomic mass is 79.9. The number of nitrogens with zero attached hydrogens (tertiary/aromatic N) is 4. The second-order valence-corrected chi connectivity index (χ2v) is 4.55. The number of hydrogen-bond acceptors (Lipinski definition) is 4. The monoisotopic (exact) mass is 305 g/mol. The average molecular weight is 306 g/mol. The first-order chi connectivity index (χ1) is 8.74. The molecule has 0 unspecified atom stereocenters. The largest absolute Gasteiger partial charge is 0.377 e. The van der Waals surface area contributed by atoms with Gasteiger partial charge in [-0.25, -0.2) is 0 Å². The summed E-state index contributed by atoms with van der Waals surface area (Å²) in [4.78, 5) is 0. The van der Waals surface area contributed by atoms with Gasteiger partial charge in [0.2, 0.25) is 0 Å². The minimum Gasteiger partial charge on any atom is -0.377 e. The average Bonchev–Trinajstić information content (AvgIpc) is 2.84. The molecule has 1 aromatic carbocycles. The van der Waals surface area contributed by atoms with Gasteiger partial charge in [0.1, 0.15) is 6.33 Å². The lowest BCUT2D eigenvalue weighted by Crippen LogP contribution is -2.07. The molecule has 0 amide bonds. The Morgan fingerprint density at radius 1 is 1.50 bits per heavy atom. The number of nitrogens with one attached hydrogen (secondary N) is 1. The van der Waals surface area contributed by atoms with E-state index in [1.165, 1.54) is 0 Å². The first kappa shape index (κ1) is 12.6. The zero-order valence-electron chi connectivity index (χ0n) is 9.89. The highest BCUT2D eigenvalue weighted by Crippen LogP contribution is 2.23. The van der Waals surface area contributed by atoms with Crippen LogP contribution < -0.4 is 5.32 Å². The molecule has 0 fully saturated rings. The number of nitriles is 1. The third-order valence-corrected chi connectivity index (χ3v) is 3.23. The van der Waals surface area contributed by atoms with Gasteiger partial charge in [-0.3, -0.25) is 0 Å². The molecule has 2 rings (SSSR count). The predicted molar refractivity (Wildman–Crippen MR) is 71.9 cm³/mol. The summed E-state index contributed by atoms with van der Waals surface area (Å²) in [6.45, 7) is 3.49. The summed E-state index contributed by atoms with van der Waals surface area (Å²) in [5, 5.41) is 20.0. The minimum atomic E-state index is 0.596. The lowest BCUT2D eigenvalue weighted by atomic mass is 10.2. The summed E-state index contributed by atoms with van der Waals surface area (Å²) in [6, 6.07) is 7.53. The topological polar surface area (TPSA) is 66.5 Å². The van der Waals surface area contributed by atoms with Gasteiger partial charge in [0.05, 0.1) is 18.2 Å². The van der Waals surface area contributed by atoms with Gasteiger partial charge >= 0.3 is 0 Å². The van der Waals surface area contributed by atoms with E-state index in [1.54, 1.807) is 18.5 Å². The van der Waals surface area contributed by atoms with Crippen molar-refractivity contribution in [2.45, 2.75) is 20.0 Å². The van der Waals surface area contributed by atoms with Gasteiger partial charge < -0.3 is 9.88 Å². The van der Waals surface area contributed by atoms with Gasteiger partial charge in [0.25, 0.3) is 0 Å². The summed E-state index contributed by atoms with van der Waals surface area (Å²) in [6.07, 6.45) is 1.71. The van der Waals surface area contributed by atoms with Crippen LogP contribution in [0, 0.1) is 11.3 Å². The van der Waals surface area contributed by atoms with E-state index in [0.717, 1.165) is 22.5 Å². The molecule has 0 spiro atoms. The summed E-state index contributed by atoms with van der Waals surface area (Å²) >= 11 is 3.43. The molecule has 2 aromatic rings. The van der Waals surface area contributed by atoms with Crippen LogP contribution in [0.2, 0.25) is 0 Å². The molecule has 0 radical (unpaired) electrons. The Bertz CT molecular complexity index is 584. The first-order valence-corrected chi connectivity index (χ1v) is 6.34. The summed E-state index contributed by atoms with van der Waals surface area (Å²) < 4.78 is 2.84. The normalized spacial score (nSPS) is 10.1. The molecule has 0 aliphatic carbocycles. The van der Waals surface area contributed by atoms with Crippen LogP contribution in [0.25, 0.3) is 0 Å². The van der Waals surface area contributed by atoms with E-state index >= 15 is 0 Å². The SMILES string of the molecule is CCn1cnnc1CNc1ccc(C#N)cc1Br. The first-order valence-electron chi connectivity index (χ1n) is 5.54. The van der Waals surface area contributed by atoms with Gasteiger partial charge in [-0.05, 0) is 41.1 Å². The van der Waals surface area contributed by atoms with Crippen molar-refractivity contribution in [2.75, 3.05) is 5.32 Å². The second kappa shape index (κ2) is 5.65. The number of aryl methyl sites for hydroxylation is 1. The number of aromatic nitrogens is 3. The van der Waals surface area contributed by atoms with Crippen LogP contribution >= 0.6 is 15.9 Å². The van der Waals surface area contributed by atoms with Crippen molar-refractivity contribution in [1.82, 2.24) is 14.8 Å². The van der Waals surface area contributed by atoms with Crippen LogP contribution in [0.15, 0.2) is 29.0 Å². The molecule has 18 heavy (non-hydrogen) atoms. The highest BCUT2D eigenvalue weighted by Gasteiger charge is 2.05. The third-order valence-electron chi connectivity index (χ3n) is 2.57. The summed E-state index contributed by atoms with van der Waals surface area (Å²) in [7, 11) is 0. The molecule has 92 valence electrons. The molecule has 0 saturated heterocycles. The van der Waals surface area contributed by atoms with Gasteiger partial charge in [-0.2, -0.15) is 5.26 Å². The van der Waals surface area contributed by atoms with Crippen LogP contribution in [0.4, 0.5) is 5.69 Å². The molecular weight excluding hydrogens is 294 g/mol. The fourth-order valence-electron chi connectivity index (χ4n) is 1.58. The fraction of sp³-hybridized carbons (Fsp3) is 0.250. The maximum Gasteiger partial charge on any atom is 0.152 e. The maximum atomic E-state index is 8.79. The van der Waals surface area contributed by atoms with Gasteiger partial charge in [-0.1, -0.05) is 0 Å². The lowest BCUT2D eigenvalue weighted by molar-refractivity contribution is 0.708. The van der Waals surface area contributed by atoms with Crippen molar-refractivity contribution in [2.24, 2.45) is 0 Å². The Kier molecular flexibility index (Phi) is 3.95. The van der Waals surface area contributed by atoms with Gasteiger partial charge in [-0.15, -0.1) is 10.2 Å². The van der Waals surface area contributed by atoms with Crippen LogP contribution in [-0.2, 0) is 13.1 Å². The van der Waals surface area contributed by atoms with Crippen molar-refractivity contribution < 1.29 is 0 Å². The van der Waals surface area contributed by atoms with E-state index < -0.39 is 0 Å². The molecule has 0 atom stereocenters.